The van der Waals surface area contributed by atoms with Crippen molar-refractivity contribution in [2.75, 3.05) is 0 Å². The van der Waals surface area contributed by atoms with Crippen molar-refractivity contribution in [3.05, 3.63) is 62.8 Å². The van der Waals surface area contributed by atoms with Crippen LogP contribution >= 0.6 is 27.5 Å². The van der Waals surface area contributed by atoms with E-state index in [9.17, 15) is 0 Å². The quantitative estimate of drug-likeness (QED) is 0.851. The molecule has 1 aromatic heterocycles. The summed E-state index contributed by atoms with van der Waals surface area (Å²) in [5.74, 6) is 0. The molecule has 0 N–H and O–H groups in total. The first-order valence-electron chi connectivity index (χ1n) is 5.48. The summed E-state index contributed by atoms with van der Waals surface area (Å²) >= 11 is 9.31. The van der Waals surface area contributed by atoms with Crippen LogP contribution in [0.2, 0.25) is 5.02 Å². The molecule has 0 aliphatic heterocycles. The van der Waals surface area contributed by atoms with Gasteiger partial charge in [-0.1, -0.05) is 23.7 Å². The average Bonchev–Trinajstić information content (AvgIpc) is 2.37. The number of hydrogen-bond donors (Lipinski definition) is 0. The zero-order valence-electron chi connectivity index (χ0n) is 9.53. The number of hydrogen-bond acceptors (Lipinski definition) is 2. The lowest BCUT2D eigenvalue weighted by Gasteiger charge is -2.05. The molecule has 2 rings (SSSR count). The average molecular weight is 322 g/mol. The fourth-order valence-corrected chi connectivity index (χ4v) is 2.34. The zero-order valence-corrected chi connectivity index (χ0v) is 11.9. The normalized spacial score (nSPS) is 10.1. The lowest BCUT2D eigenvalue weighted by Crippen LogP contribution is -1.97. The third kappa shape index (κ3) is 3.32. The standard InChI is InChI=1S/C14H10BrClN2/c15-12-7-11(14(8-17)18-9-12)5-4-10-2-1-3-13(16)6-10/h1-3,6-7,9H,4-5H2. The Morgan fingerprint density at radius 1 is 1.28 bits per heavy atom. The lowest BCUT2D eigenvalue weighted by atomic mass is 10.0. The first-order valence-corrected chi connectivity index (χ1v) is 6.65. The molecule has 0 radical (unpaired) electrons. The van der Waals surface area contributed by atoms with Gasteiger partial charge in [-0.25, -0.2) is 4.98 Å². The summed E-state index contributed by atoms with van der Waals surface area (Å²) in [6, 6.07) is 11.8. The van der Waals surface area contributed by atoms with E-state index >= 15 is 0 Å². The molecule has 90 valence electrons. The van der Waals surface area contributed by atoms with Gasteiger partial charge in [0.05, 0.1) is 0 Å². The summed E-state index contributed by atoms with van der Waals surface area (Å²) in [5, 5.41) is 9.74. The maximum Gasteiger partial charge on any atom is 0.143 e. The van der Waals surface area contributed by atoms with Crippen molar-refractivity contribution in [3.8, 4) is 6.07 Å². The van der Waals surface area contributed by atoms with Gasteiger partial charge < -0.3 is 0 Å². The van der Waals surface area contributed by atoms with Crippen LogP contribution in [0.5, 0.6) is 0 Å². The maximum atomic E-state index is 9.00. The first kappa shape index (κ1) is 13.1. The Morgan fingerprint density at radius 3 is 2.83 bits per heavy atom. The van der Waals surface area contributed by atoms with Crippen LogP contribution in [0.15, 0.2) is 41.0 Å². The molecule has 2 nitrogen and oxygen atoms in total. The number of nitrogens with zero attached hydrogens (tertiary/aromatic N) is 2. The smallest absolute Gasteiger partial charge is 0.143 e. The highest BCUT2D eigenvalue weighted by Gasteiger charge is 2.05. The van der Waals surface area contributed by atoms with Crippen molar-refractivity contribution in [2.45, 2.75) is 12.8 Å². The summed E-state index contributed by atoms with van der Waals surface area (Å²) in [7, 11) is 0. The molecule has 0 unspecified atom stereocenters. The van der Waals surface area contributed by atoms with Crippen LogP contribution in [-0.4, -0.2) is 4.98 Å². The van der Waals surface area contributed by atoms with Crippen LogP contribution in [0.1, 0.15) is 16.8 Å². The van der Waals surface area contributed by atoms with Gasteiger partial charge in [-0.2, -0.15) is 5.26 Å². The maximum absolute atomic E-state index is 9.00. The predicted octanol–water partition coefficient (Wildman–Crippen LogP) is 4.15. The Kier molecular flexibility index (Phi) is 4.35. The van der Waals surface area contributed by atoms with Crippen LogP contribution in [0.25, 0.3) is 0 Å². The molecular formula is C14H10BrClN2. The molecule has 0 amide bonds. The number of benzene rings is 1. The van der Waals surface area contributed by atoms with E-state index in [1.165, 1.54) is 0 Å². The molecule has 1 heterocycles. The van der Waals surface area contributed by atoms with Crippen molar-refractivity contribution < 1.29 is 0 Å². The molecule has 18 heavy (non-hydrogen) atoms. The van der Waals surface area contributed by atoms with E-state index in [2.05, 4.69) is 27.0 Å². The van der Waals surface area contributed by atoms with Gasteiger partial charge >= 0.3 is 0 Å². The monoisotopic (exact) mass is 320 g/mol. The summed E-state index contributed by atoms with van der Waals surface area (Å²) < 4.78 is 0.891. The van der Waals surface area contributed by atoms with Crippen LogP contribution in [0, 0.1) is 11.3 Å². The Balaban J connectivity index is 2.15. The topological polar surface area (TPSA) is 36.7 Å². The minimum absolute atomic E-state index is 0.486. The fourth-order valence-electron chi connectivity index (χ4n) is 1.74. The van der Waals surface area contributed by atoms with Gasteiger partial charge in [-0.05, 0) is 58.1 Å². The molecular weight excluding hydrogens is 312 g/mol. The summed E-state index contributed by atoms with van der Waals surface area (Å²) in [6.45, 7) is 0. The van der Waals surface area contributed by atoms with Gasteiger partial charge in [0.15, 0.2) is 0 Å². The van der Waals surface area contributed by atoms with E-state index < -0.39 is 0 Å². The van der Waals surface area contributed by atoms with E-state index in [0.29, 0.717) is 5.69 Å². The summed E-state index contributed by atoms with van der Waals surface area (Å²) in [5.41, 5.74) is 2.60. The highest BCUT2D eigenvalue weighted by molar-refractivity contribution is 9.10. The second-order valence-corrected chi connectivity index (χ2v) is 5.26. The SMILES string of the molecule is N#Cc1ncc(Br)cc1CCc1cccc(Cl)c1. The lowest BCUT2D eigenvalue weighted by molar-refractivity contribution is 0.940. The number of aromatic nitrogens is 1. The second-order valence-electron chi connectivity index (χ2n) is 3.90. The first-order chi connectivity index (χ1) is 8.69. The molecule has 0 fully saturated rings. The third-order valence-electron chi connectivity index (χ3n) is 2.61. The molecule has 0 atom stereocenters. The van der Waals surface area contributed by atoms with Crippen molar-refractivity contribution in [1.29, 1.82) is 5.26 Å². The van der Waals surface area contributed by atoms with E-state index in [1.807, 2.05) is 30.3 Å². The highest BCUT2D eigenvalue weighted by atomic mass is 79.9. The molecule has 0 bridgehead atoms. The molecule has 0 aliphatic rings. The minimum Gasteiger partial charge on any atom is -0.244 e. The minimum atomic E-state index is 0.486. The van der Waals surface area contributed by atoms with Crippen LogP contribution in [0.4, 0.5) is 0 Å². The van der Waals surface area contributed by atoms with E-state index in [4.69, 9.17) is 16.9 Å². The second kappa shape index (κ2) is 5.99. The molecule has 0 spiro atoms. The molecule has 0 saturated carbocycles. The van der Waals surface area contributed by atoms with Crippen molar-refractivity contribution in [1.82, 2.24) is 4.98 Å². The Bertz CT molecular complexity index is 605. The molecule has 1 aromatic carbocycles. The van der Waals surface area contributed by atoms with Crippen molar-refractivity contribution >= 4 is 27.5 Å². The zero-order chi connectivity index (χ0) is 13.0. The number of nitriles is 1. The Hall–Kier alpha value is -1.37. The molecule has 4 heteroatoms. The summed E-state index contributed by atoms with van der Waals surface area (Å²) in [6.07, 6.45) is 3.25. The number of aryl methyl sites for hydroxylation is 2. The van der Waals surface area contributed by atoms with Crippen molar-refractivity contribution in [2.24, 2.45) is 0 Å². The van der Waals surface area contributed by atoms with Gasteiger partial charge in [0.1, 0.15) is 11.8 Å². The number of halogens is 2. The van der Waals surface area contributed by atoms with Gasteiger partial charge in [0.25, 0.3) is 0 Å². The Labute approximate surface area is 119 Å². The van der Waals surface area contributed by atoms with Crippen LogP contribution in [0.3, 0.4) is 0 Å². The van der Waals surface area contributed by atoms with Crippen LogP contribution < -0.4 is 0 Å². The highest BCUT2D eigenvalue weighted by Crippen LogP contribution is 2.17. The van der Waals surface area contributed by atoms with Crippen molar-refractivity contribution in [3.63, 3.8) is 0 Å². The van der Waals surface area contributed by atoms with Gasteiger partial charge in [-0.15, -0.1) is 0 Å². The number of pyridine rings is 1. The van der Waals surface area contributed by atoms with Gasteiger partial charge in [0, 0.05) is 15.7 Å². The Morgan fingerprint density at radius 2 is 2.11 bits per heavy atom. The molecule has 2 aromatic rings. The largest absolute Gasteiger partial charge is 0.244 e. The molecule has 0 aliphatic carbocycles. The predicted molar refractivity (Wildman–Crippen MR) is 75.5 cm³/mol. The third-order valence-corrected chi connectivity index (χ3v) is 3.28. The van der Waals surface area contributed by atoms with Crippen LogP contribution in [-0.2, 0) is 12.8 Å². The fraction of sp³-hybridized carbons (Fsp3) is 0.143. The van der Waals surface area contributed by atoms with E-state index in [0.717, 1.165) is 33.5 Å². The van der Waals surface area contributed by atoms with Gasteiger partial charge in [-0.3, -0.25) is 0 Å². The van der Waals surface area contributed by atoms with E-state index in [1.54, 1.807) is 6.20 Å². The number of rotatable bonds is 3. The summed E-state index contributed by atoms with van der Waals surface area (Å²) in [4.78, 5) is 4.09. The molecule has 0 saturated heterocycles. The van der Waals surface area contributed by atoms with E-state index in [-0.39, 0.29) is 0 Å². The van der Waals surface area contributed by atoms with Gasteiger partial charge in [0.2, 0.25) is 0 Å².